The van der Waals surface area contributed by atoms with Crippen LogP contribution in [-0.4, -0.2) is 73.4 Å². The summed E-state index contributed by atoms with van der Waals surface area (Å²) in [5.41, 5.74) is 0. The Hall–Kier alpha value is -0.650. The molecule has 2 aliphatic rings. The average molecular weight is 298 g/mol. The number of morpholine rings is 1. The van der Waals surface area contributed by atoms with Gasteiger partial charge in [-0.05, 0) is 32.4 Å². The number of hydrogen-bond acceptors (Lipinski definition) is 4. The van der Waals surface area contributed by atoms with Crippen molar-refractivity contribution in [3.05, 3.63) is 0 Å². The quantitative estimate of drug-likeness (QED) is 0.739. The topological polar surface area (TPSA) is 53.0 Å². The van der Waals surface area contributed by atoms with Crippen molar-refractivity contribution < 1.29 is 14.6 Å². The molecule has 0 bridgehead atoms. The molecule has 1 N–H and O–H groups in total. The smallest absolute Gasteiger partial charge is 0.317 e. The van der Waals surface area contributed by atoms with Gasteiger partial charge >= 0.3 is 5.97 Å². The van der Waals surface area contributed by atoms with Crippen LogP contribution in [0.1, 0.15) is 38.5 Å². The van der Waals surface area contributed by atoms with Crippen LogP contribution in [0.2, 0.25) is 0 Å². The van der Waals surface area contributed by atoms with Crippen molar-refractivity contribution in [1.29, 1.82) is 0 Å². The van der Waals surface area contributed by atoms with Crippen molar-refractivity contribution in [1.82, 2.24) is 9.80 Å². The molecule has 21 heavy (non-hydrogen) atoms. The summed E-state index contributed by atoms with van der Waals surface area (Å²) in [6.45, 7) is 4.68. The molecule has 1 saturated carbocycles. The zero-order valence-corrected chi connectivity index (χ0v) is 13.3. The van der Waals surface area contributed by atoms with Crippen molar-refractivity contribution in [2.75, 3.05) is 46.4 Å². The third-order valence-corrected chi connectivity index (χ3v) is 4.70. The van der Waals surface area contributed by atoms with Crippen LogP contribution < -0.4 is 0 Å². The zero-order chi connectivity index (χ0) is 15.1. The van der Waals surface area contributed by atoms with E-state index >= 15 is 0 Å². The third-order valence-electron chi connectivity index (χ3n) is 4.70. The summed E-state index contributed by atoms with van der Waals surface area (Å²) in [5, 5.41) is 8.79. The van der Waals surface area contributed by atoms with Crippen LogP contribution in [0.4, 0.5) is 0 Å². The molecule has 5 nitrogen and oxygen atoms in total. The minimum atomic E-state index is -0.776. The second-order valence-electron chi connectivity index (χ2n) is 6.68. The van der Waals surface area contributed by atoms with E-state index in [0.29, 0.717) is 6.54 Å². The van der Waals surface area contributed by atoms with E-state index in [2.05, 4.69) is 4.90 Å². The lowest BCUT2D eigenvalue weighted by molar-refractivity contribution is -0.138. The van der Waals surface area contributed by atoms with E-state index in [1.54, 1.807) is 0 Å². The van der Waals surface area contributed by atoms with Gasteiger partial charge in [-0.25, -0.2) is 0 Å². The standard InChI is InChI=1S/C16H30N2O3/c1-17(13-16(19)20)11-15-12-18(9-10-21-15)8-4-7-14-5-2-3-6-14/h14-15H,2-13H2,1H3,(H,19,20). The molecule has 1 saturated heterocycles. The Balaban J connectivity index is 1.61. The minimum absolute atomic E-state index is 0.0849. The number of likely N-dealkylation sites (N-methyl/N-ethyl adjacent to an activating group) is 1. The van der Waals surface area contributed by atoms with Crippen LogP contribution in [0.5, 0.6) is 0 Å². The highest BCUT2D eigenvalue weighted by Gasteiger charge is 2.22. The van der Waals surface area contributed by atoms with Crippen molar-refractivity contribution in [3.63, 3.8) is 0 Å². The Bertz CT molecular complexity index is 319. The molecule has 1 aliphatic carbocycles. The van der Waals surface area contributed by atoms with Gasteiger partial charge in [-0.15, -0.1) is 0 Å². The first-order valence-corrected chi connectivity index (χ1v) is 8.38. The molecular formula is C16H30N2O3. The van der Waals surface area contributed by atoms with E-state index in [0.717, 1.165) is 25.6 Å². The van der Waals surface area contributed by atoms with Crippen molar-refractivity contribution in [2.45, 2.75) is 44.6 Å². The predicted octanol–water partition coefficient (Wildman–Crippen LogP) is 1.67. The van der Waals surface area contributed by atoms with Crippen LogP contribution in [0.15, 0.2) is 0 Å². The van der Waals surface area contributed by atoms with Gasteiger partial charge in [0.05, 0.1) is 19.3 Å². The number of aliphatic carboxylic acids is 1. The first-order valence-electron chi connectivity index (χ1n) is 8.38. The minimum Gasteiger partial charge on any atom is -0.480 e. The van der Waals surface area contributed by atoms with E-state index in [9.17, 15) is 4.79 Å². The van der Waals surface area contributed by atoms with Gasteiger partial charge in [0.2, 0.25) is 0 Å². The van der Waals surface area contributed by atoms with Gasteiger partial charge in [0.1, 0.15) is 0 Å². The lowest BCUT2D eigenvalue weighted by Gasteiger charge is -2.34. The summed E-state index contributed by atoms with van der Waals surface area (Å²) >= 11 is 0. The Labute approximate surface area is 128 Å². The van der Waals surface area contributed by atoms with E-state index in [-0.39, 0.29) is 12.6 Å². The van der Waals surface area contributed by atoms with Crippen molar-refractivity contribution >= 4 is 5.97 Å². The molecule has 2 fully saturated rings. The van der Waals surface area contributed by atoms with Crippen LogP contribution in [0, 0.1) is 5.92 Å². The number of hydrogen-bond donors (Lipinski definition) is 1. The van der Waals surface area contributed by atoms with Gasteiger partial charge in [-0.2, -0.15) is 0 Å². The van der Waals surface area contributed by atoms with Crippen molar-refractivity contribution in [3.8, 4) is 0 Å². The van der Waals surface area contributed by atoms with E-state index < -0.39 is 5.97 Å². The van der Waals surface area contributed by atoms with E-state index in [1.807, 2.05) is 11.9 Å². The van der Waals surface area contributed by atoms with Gasteiger partial charge in [0.25, 0.3) is 0 Å². The number of carboxylic acid groups (broad SMARTS) is 1. The zero-order valence-electron chi connectivity index (χ0n) is 13.3. The molecular weight excluding hydrogens is 268 g/mol. The van der Waals surface area contributed by atoms with Crippen LogP contribution in [0.3, 0.4) is 0 Å². The Morgan fingerprint density at radius 2 is 2.14 bits per heavy atom. The number of rotatable bonds is 8. The molecule has 1 atom stereocenters. The largest absolute Gasteiger partial charge is 0.480 e. The summed E-state index contributed by atoms with van der Waals surface area (Å²) < 4.78 is 5.76. The average Bonchev–Trinajstić information content (AvgIpc) is 2.91. The van der Waals surface area contributed by atoms with Gasteiger partial charge in [-0.1, -0.05) is 25.7 Å². The fraction of sp³-hybridized carbons (Fsp3) is 0.938. The summed E-state index contributed by atoms with van der Waals surface area (Å²) in [6, 6.07) is 0. The lowest BCUT2D eigenvalue weighted by Crippen LogP contribution is -2.47. The molecule has 5 heteroatoms. The highest BCUT2D eigenvalue weighted by Crippen LogP contribution is 2.28. The highest BCUT2D eigenvalue weighted by atomic mass is 16.5. The highest BCUT2D eigenvalue weighted by molar-refractivity contribution is 5.68. The van der Waals surface area contributed by atoms with E-state index in [4.69, 9.17) is 9.84 Å². The summed E-state index contributed by atoms with van der Waals surface area (Å²) in [6.07, 6.45) is 8.55. The van der Waals surface area contributed by atoms with Gasteiger partial charge in [0, 0.05) is 19.6 Å². The fourth-order valence-electron chi connectivity index (χ4n) is 3.64. The fourth-order valence-corrected chi connectivity index (χ4v) is 3.64. The monoisotopic (exact) mass is 298 g/mol. The molecule has 1 aliphatic heterocycles. The summed E-state index contributed by atoms with van der Waals surface area (Å²) in [7, 11) is 1.84. The van der Waals surface area contributed by atoms with Crippen molar-refractivity contribution in [2.24, 2.45) is 5.92 Å². The van der Waals surface area contributed by atoms with Gasteiger partial charge in [0.15, 0.2) is 0 Å². The third kappa shape index (κ3) is 6.32. The molecule has 1 unspecified atom stereocenters. The Morgan fingerprint density at radius 3 is 2.86 bits per heavy atom. The lowest BCUT2D eigenvalue weighted by atomic mass is 10.0. The SMILES string of the molecule is CN(CC(=O)O)CC1CN(CCCC2CCCC2)CCO1. The Morgan fingerprint density at radius 1 is 1.38 bits per heavy atom. The second kappa shape index (κ2) is 8.71. The van der Waals surface area contributed by atoms with Gasteiger partial charge < -0.3 is 9.84 Å². The number of carboxylic acids is 1. The number of nitrogens with zero attached hydrogens (tertiary/aromatic N) is 2. The summed E-state index contributed by atoms with van der Waals surface area (Å²) in [4.78, 5) is 15.0. The number of ether oxygens (including phenoxy) is 1. The predicted molar refractivity (Wildman–Crippen MR) is 82.5 cm³/mol. The molecule has 0 amide bonds. The molecule has 0 aromatic carbocycles. The molecule has 1 heterocycles. The van der Waals surface area contributed by atoms with E-state index in [1.165, 1.54) is 45.1 Å². The van der Waals surface area contributed by atoms with Crippen LogP contribution >= 0.6 is 0 Å². The van der Waals surface area contributed by atoms with Crippen LogP contribution in [-0.2, 0) is 9.53 Å². The molecule has 0 spiro atoms. The maximum Gasteiger partial charge on any atom is 0.317 e. The molecule has 0 aromatic heterocycles. The Kier molecular flexibility index (Phi) is 6.93. The summed E-state index contributed by atoms with van der Waals surface area (Å²) in [5.74, 6) is 0.199. The van der Waals surface area contributed by atoms with Crippen LogP contribution in [0.25, 0.3) is 0 Å². The second-order valence-corrected chi connectivity index (χ2v) is 6.68. The van der Waals surface area contributed by atoms with Gasteiger partial charge in [-0.3, -0.25) is 14.6 Å². The molecule has 0 radical (unpaired) electrons. The molecule has 0 aromatic rings. The maximum absolute atomic E-state index is 10.7. The molecule has 122 valence electrons. The first-order chi connectivity index (χ1) is 10.1. The number of carbonyl (C=O) groups is 1. The maximum atomic E-state index is 10.7. The first kappa shape index (κ1) is 16.7. The normalized spacial score (nSPS) is 24.8. The molecule has 2 rings (SSSR count).